The molecule has 1 aromatic carbocycles. The summed E-state index contributed by atoms with van der Waals surface area (Å²) in [5.74, 6) is -0.0325. The molecule has 1 aliphatic carbocycles. The second-order valence-electron chi connectivity index (χ2n) is 8.07. The summed E-state index contributed by atoms with van der Waals surface area (Å²) in [5.41, 5.74) is 0.476. The number of piperidine rings is 1. The Morgan fingerprint density at radius 2 is 2.12 bits per heavy atom. The first-order valence-corrected chi connectivity index (χ1v) is 9.32. The minimum Gasteiger partial charge on any atom is -0.357 e. The van der Waals surface area contributed by atoms with Gasteiger partial charge in [0.1, 0.15) is 0 Å². The molecule has 1 N–H and O–H groups in total. The van der Waals surface area contributed by atoms with Crippen LogP contribution in [0.4, 0.5) is 5.69 Å². The Labute approximate surface area is 147 Å². The smallest absolute Gasteiger partial charge is 0.228 e. The van der Waals surface area contributed by atoms with E-state index in [1.54, 1.807) is 7.11 Å². The van der Waals surface area contributed by atoms with E-state index >= 15 is 0 Å². The van der Waals surface area contributed by atoms with Gasteiger partial charge in [0, 0.05) is 31.2 Å². The first-order valence-electron chi connectivity index (χ1n) is 9.32. The lowest BCUT2D eigenvalue weighted by Gasteiger charge is -2.57. The number of hydrogen-bond acceptors (Lipinski definition) is 3. The summed E-state index contributed by atoms with van der Waals surface area (Å²) < 4.78 is 6.34. The van der Waals surface area contributed by atoms with Crippen LogP contribution in [0, 0.1) is 11.3 Å². The van der Waals surface area contributed by atoms with E-state index in [-0.39, 0.29) is 23.1 Å². The fourth-order valence-corrected chi connectivity index (χ4v) is 6.87. The molecule has 25 heavy (non-hydrogen) atoms. The summed E-state index contributed by atoms with van der Waals surface area (Å²) >= 11 is 0. The van der Waals surface area contributed by atoms with Crippen LogP contribution in [-0.4, -0.2) is 36.1 Å². The largest absolute Gasteiger partial charge is 0.357 e. The second kappa shape index (κ2) is 4.64. The van der Waals surface area contributed by atoms with Crippen molar-refractivity contribution in [1.29, 1.82) is 0 Å². The van der Waals surface area contributed by atoms with Crippen LogP contribution in [0.15, 0.2) is 24.3 Å². The third kappa shape index (κ3) is 1.39. The third-order valence-electron chi connectivity index (χ3n) is 7.62. The standard InChI is InChI=1S/C20H24N2O3/c1-3-18-9-6-10-22-16(23)12-19(20(18,22)25-2)13-7-4-5-8-15(13)21-17(24)14(19)11-18/h4-5,7-8,14H,3,6,9-12H2,1-2H3,(H,21,24)/t14-,18+,19+,20-/m1/s1. The van der Waals surface area contributed by atoms with Crippen LogP contribution in [0.3, 0.4) is 0 Å². The zero-order valence-electron chi connectivity index (χ0n) is 14.8. The van der Waals surface area contributed by atoms with Crippen molar-refractivity contribution in [2.45, 2.75) is 50.2 Å². The number of hydrogen-bond donors (Lipinski definition) is 1. The number of ether oxygens (including phenoxy) is 1. The van der Waals surface area contributed by atoms with Crippen molar-refractivity contribution in [2.24, 2.45) is 11.3 Å². The van der Waals surface area contributed by atoms with Gasteiger partial charge in [-0.25, -0.2) is 0 Å². The first-order chi connectivity index (χ1) is 12.1. The van der Waals surface area contributed by atoms with Gasteiger partial charge in [-0.2, -0.15) is 0 Å². The lowest BCUT2D eigenvalue weighted by Crippen LogP contribution is -2.67. The van der Waals surface area contributed by atoms with E-state index in [9.17, 15) is 9.59 Å². The van der Waals surface area contributed by atoms with Crippen molar-refractivity contribution in [1.82, 2.24) is 4.90 Å². The van der Waals surface area contributed by atoms with Gasteiger partial charge >= 0.3 is 0 Å². The van der Waals surface area contributed by atoms with Gasteiger partial charge < -0.3 is 15.0 Å². The van der Waals surface area contributed by atoms with Gasteiger partial charge in [-0.15, -0.1) is 0 Å². The maximum absolute atomic E-state index is 13.1. The monoisotopic (exact) mass is 340 g/mol. The molecule has 4 aliphatic rings. The SMILES string of the molecule is CC[C@]12CCCN3C(=O)C[C@@]4(c5ccccc5NC(=O)[C@H]4C1)[C@@]32OC. The number of carbonyl (C=O) groups is 2. The first kappa shape index (κ1) is 15.4. The van der Waals surface area contributed by atoms with Crippen molar-refractivity contribution in [3.8, 4) is 0 Å². The van der Waals surface area contributed by atoms with Crippen molar-refractivity contribution < 1.29 is 14.3 Å². The number of amides is 2. The molecule has 3 aliphatic heterocycles. The van der Waals surface area contributed by atoms with E-state index in [1.165, 1.54) is 0 Å². The molecule has 3 fully saturated rings. The summed E-state index contributed by atoms with van der Waals surface area (Å²) in [4.78, 5) is 28.2. The molecule has 2 saturated heterocycles. The van der Waals surface area contributed by atoms with Crippen molar-refractivity contribution in [3.05, 3.63) is 29.8 Å². The van der Waals surface area contributed by atoms with Gasteiger partial charge in [-0.3, -0.25) is 9.59 Å². The Morgan fingerprint density at radius 3 is 2.88 bits per heavy atom. The molecule has 5 nitrogen and oxygen atoms in total. The van der Waals surface area contributed by atoms with E-state index in [2.05, 4.69) is 18.3 Å². The maximum Gasteiger partial charge on any atom is 0.228 e. The Hall–Kier alpha value is -1.88. The Morgan fingerprint density at radius 1 is 1.32 bits per heavy atom. The molecular formula is C20H24N2O3. The summed E-state index contributed by atoms with van der Waals surface area (Å²) in [6.07, 6.45) is 4.07. The van der Waals surface area contributed by atoms with Gasteiger partial charge in [0.05, 0.1) is 11.3 Å². The Kier molecular flexibility index (Phi) is 2.85. The number of para-hydroxylation sites is 1. The molecule has 3 heterocycles. The second-order valence-corrected chi connectivity index (χ2v) is 8.07. The summed E-state index contributed by atoms with van der Waals surface area (Å²) in [6, 6.07) is 7.98. The third-order valence-corrected chi connectivity index (χ3v) is 7.62. The van der Waals surface area contributed by atoms with Crippen LogP contribution in [0.1, 0.15) is 44.6 Å². The van der Waals surface area contributed by atoms with E-state index in [1.807, 2.05) is 23.1 Å². The van der Waals surface area contributed by atoms with Gasteiger partial charge in [-0.05, 0) is 37.3 Å². The molecule has 4 atom stereocenters. The molecular weight excluding hydrogens is 316 g/mol. The number of rotatable bonds is 2. The van der Waals surface area contributed by atoms with Crippen molar-refractivity contribution >= 4 is 17.5 Å². The molecule has 0 aromatic heterocycles. The van der Waals surface area contributed by atoms with Crippen LogP contribution in [0.5, 0.6) is 0 Å². The molecule has 2 amide bonds. The predicted molar refractivity (Wildman–Crippen MR) is 92.9 cm³/mol. The van der Waals surface area contributed by atoms with Gasteiger partial charge in [0.15, 0.2) is 5.72 Å². The highest BCUT2D eigenvalue weighted by molar-refractivity contribution is 6.01. The number of nitrogens with one attached hydrogen (secondary N) is 1. The molecule has 1 aromatic rings. The van der Waals surface area contributed by atoms with Crippen LogP contribution in [0.25, 0.3) is 0 Å². The fourth-order valence-electron chi connectivity index (χ4n) is 6.87. The molecule has 0 unspecified atom stereocenters. The quantitative estimate of drug-likeness (QED) is 0.900. The zero-order valence-corrected chi connectivity index (χ0v) is 14.8. The molecule has 0 radical (unpaired) electrons. The minimum atomic E-state index is -0.706. The van der Waals surface area contributed by atoms with Crippen LogP contribution >= 0.6 is 0 Å². The average Bonchev–Trinajstić information content (AvgIpc) is 3.05. The topological polar surface area (TPSA) is 58.6 Å². The lowest BCUT2D eigenvalue weighted by atomic mass is 9.61. The van der Waals surface area contributed by atoms with E-state index < -0.39 is 11.1 Å². The van der Waals surface area contributed by atoms with Gasteiger partial charge in [-0.1, -0.05) is 25.1 Å². The molecule has 132 valence electrons. The predicted octanol–water partition coefficient (Wildman–Crippen LogP) is 2.66. The molecule has 1 spiro atoms. The van der Waals surface area contributed by atoms with E-state index in [4.69, 9.17) is 4.74 Å². The molecule has 5 heteroatoms. The number of anilines is 1. The highest BCUT2D eigenvalue weighted by Crippen LogP contribution is 2.73. The fraction of sp³-hybridized carbons (Fsp3) is 0.600. The number of methoxy groups -OCH3 is 1. The van der Waals surface area contributed by atoms with E-state index in [0.29, 0.717) is 6.42 Å². The van der Waals surface area contributed by atoms with E-state index in [0.717, 1.165) is 43.5 Å². The Bertz CT molecular complexity index is 793. The Balaban J connectivity index is 1.88. The van der Waals surface area contributed by atoms with Crippen LogP contribution in [-0.2, 0) is 19.7 Å². The highest BCUT2D eigenvalue weighted by atomic mass is 16.5. The average molecular weight is 340 g/mol. The summed E-state index contributed by atoms with van der Waals surface area (Å²) in [7, 11) is 1.74. The van der Waals surface area contributed by atoms with Crippen LogP contribution < -0.4 is 5.32 Å². The van der Waals surface area contributed by atoms with Crippen LogP contribution in [0.2, 0.25) is 0 Å². The number of benzene rings is 1. The number of nitrogens with zero attached hydrogens (tertiary/aromatic N) is 1. The lowest BCUT2D eigenvalue weighted by molar-refractivity contribution is -0.226. The van der Waals surface area contributed by atoms with Gasteiger partial charge in [0.25, 0.3) is 0 Å². The van der Waals surface area contributed by atoms with Gasteiger partial charge in [0.2, 0.25) is 11.8 Å². The summed E-state index contributed by atoms with van der Waals surface area (Å²) in [6.45, 7) is 2.91. The molecule has 5 rings (SSSR count). The maximum atomic E-state index is 13.1. The normalized spacial score (nSPS) is 41.2. The molecule has 0 bridgehead atoms. The number of carbonyl (C=O) groups excluding carboxylic acids is 2. The number of fused-ring (bicyclic) bond motifs is 1. The zero-order chi connectivity index (χ0) is 17.4. The summed E-state index contributed by atoms with van der Waals surface area (Å²) in [5, 5.41) is 3.09. The minimum absolute atomic E-state index is 0.0481. The highest BCUT2D eigenvalue weighted by Gasteiger charge is 2.81. The molecule has 1 saturated carbocycles. The van der Waals surface area contributed by atoms with Crippen molar-refractivity contribution in [2.75, 3.05) is 19.0 Å². The van der Waals surface area contributed by atoms with Crippen molar-refractivity contribution in [3.63, 3.8) is 0 Å².